The summed E-state index contributed by atoms with van der Waals surface area (Å²) in [6.45, 7) is 1.47. The maximum atomic E-state index is 12.9. The number of carbonyl (C=O) groups is 2. The number of rotatable bonds is 8. The summed E-state index contributed by atoms with van der Waals surface area (Å²) in [7, 11) is 1.34. The number of methoxy groups -OCH3 is 1. The third-order valence-corrected chi connectivity index (χ3v) is 5.42. The van der Waals surface area contributed by atoms with Crippen molar-refractivity contribution in [3.63, 3.8) is 0 Å². The number of halogens is 4. The van der Waals surface area contributed by atoms with Gasteiger partial charge in [0.2, 0.25) is 0 Å². The summed E-state index contributed by atoms with van der Waals surface area (Å²) in [5.41, 5.74) is 0.308. The Bertz CT molecular complexity index is 1430. The highest BCUT2D eigenvalue weighted by atomic mass is 35.5. The monoisotopic (exact) mass is 543 g/mol. The van der Waals surface area contributed by atoms with Gasteiger partial charge in [-0.25, -0.2) is 0 Å². The van der Waals surface area contributed by atoms with Crippen LogP contribution in [0.5, 0.6) is 11.5 Å². The number of ether oxygens (including phenoxy) is 2. The zero-order chi connectivity index (χ0) is 27.9. The van der Waals surface area contributed by atoms with Crippen LogP contribution in [0.4, 0.5) is 24.5 Å². The third kappa shape index (κ3) is 7.27. The molecule has 0 atom stereocenters. The van der Waals surface area contributed by atoms with Crippen LogP contribution in [0.15, 0.2) is 66.2 Å². The Morgan fingerprint density at radius 2 is 1.82 bits per heavy atom. The van der Waals surface area contributed by atoms with Crippen molar-refractivity contribution in [2.24, 2.45) is 0 Å². The van der Waals surface area contributed by atoms with Crippen molar-refractivity contribution < 1.29 is 32.2 Å². The van der Waals surface area contributed by atoms with Crippen LogP contribution < -0.4 is 20.1 Å². The number of nitrogens with zero attached hydrogens (tertiary/aromatic N) is 1. The quantitative estimate of drug-likeness (QED) is 0.259. The maximum absolute atomic E-state index is 12.9. The van der Waals surface area contributed by atoms with Gasteiger partial charge in [-0.3, -0.25) is 9.59 Å². The van der Waals surface area contributed by atoms with Gasteiger partial charge < -0.3 is 20.1 Å². The van der Waals surface area contributed by atoms with Crippen LogP contribution in [-0.2, 0) is 15.8 Å². The van der Waals surface area contributed by atoms with Crippen molar-refractivity contribution in [3.05, 3.63) is 87.9 Å². The van der Waals surface area contributed by atoms with Gasteiger partial charge in [0.1, 0.15) is 11.6 Å². The van der Waals surface area contributed by atoms with Gasteiger partial charge in [0.15, 0.2) is 18.1 Å². The average Bonchev–Trinajstić information content (AvgIpc) is 2.87. The van der Waals surface area contributed by atoms with Gasteiger partial charge in [0.05, 0.1) is 17.7 Å². The molecule has 0 aliphatic carbocycles. The van der Waals surface area contributed by atoms with E-state index in [1.807, 2.05) is 19.1 Å². The Hall–Kier alpha value is -4.49. The Kier molecular flexibility index (Phi) is 8.99. The molecule has 3 aromatic rings. The molecule has 0 bridgehead atoms. The molecule has 11 heteroatoms. The molecule has 2 amide bonds. The minimum absolute atomic E-state index is 0.0369. The van der Waals surface area contributed by atoms with E-state index in [1.165, 1.54) is 31.4 Å². The predicted octanol–water partition coefficient (Wildman–Crippen LogP) is 6.24. The van der Waals surface area contributed by atoms with E-state index in [-0.39, 0.29) is 34.4 Å². The lowest BCUT2D eigenvalue weighted by atomic mass is 10.1. The molecule has 0 saturated heterocycles. The molecule has 0 aliphatic heterocycles. The molecule has 0 unspecified atom stereocenters. The van der Waals surface area contributed by atoms with Crippen molar-refractivity contribution in [2.45, 2.75) is 13.1 Å². The first-order valence-electron chi connectivity index (χ1n) is 11.0. The molecule has 0 fully saturated rings. The van der Waals surface area contributed by atoms with Gasteiger partial charge in [-0.2, -0.15) is 18.4 Å². The molecule has 0 saturated carbocycles. The summed E-state index contributed by atoms with van der Waals surface area (Å²) in [5, 5.41) is 14.5. The average molecular weight is 544 g/mol. The minimum Gasteiger partial charge on any atom is -0.493 e. The Balaban J connectivity index is 1.76. The fraction of sp³-hybridized carbons (Fsp3) is 0.148. The number of nitrogens with one attached hydrogen (secondary N) is 2. The maximum Gasteiger partial charge on any atom is 0.416 e. The number of benzene rings is 3. The molecule has 196 valence electrons. The first kappa shape index (κ1) is 28.1. The molecule has 7 nitrogen and oxygen atoms in total. The van der Waals surface area contributed by atoms with Crippen molar-refractivity contribution >= 4 is 40.9 Å². The first-order valence-corrected chi connectivity index (χ1v) is 11.4. The molecule has 2 N–H and O–H groups in total. The molecular formula is C27H21ClF3N3O4. The number of aryl methyl sites for hydroxylation is 1. The van der Waals surface area contributed by atoms with Crippen molar-refractivity contribution in [3.8, 4) is 17.6 Å². The molecule has 3 rings (SSSR count). The second kappa shape index (κ2) is 12.2. The van der Waals surface area contributed by atoms with Crippen LogP contribution in [0.1, 0.15) is 16.7 Å². The van der Waals surface area contributed by atoms with E-state index < -0.39 is 29.1 Å². The molecular weight excluding hydrogens is 523 g/mol. The summed E-state index contributed by atoms with van der Waals surface area (Å²) in [4.78, 5) is 24.9. The van der Waals surface area contributed by atoms with Crippen LogP contribution in [0, 0.1) is 18.3 Å². The van der Waals surface area contributed by atoms with Crippen molar-refractivity contribution in [1.29, 1.82) is 5.26 Å². The number of para-hydroxylation sites is 1. The number of amides is 2. The number of hydrogen-bond acceptors (Lipinski definition) is 5. The topological polar surface area (TPSA) is 100 Å². The van der Waals surface area contributed by atoms with Gasteiger partial charge in [0.25, 0.3) is 11.8 Å². The second-order valence-corrected chi connectivity index (χ2v) is 8.30. The van der Waals surface area contributed by atoms with E-state index >= 15 is 0 Å². The highest BCUT2D eigenvalue weighted by Crippen LogP contribution is 2.37. The molecule has 0 aromatic heterocycles. The van der Waals surface area contributed by atoms with E-state index in [9.17, 15) is 28.0 Å². The number of nitriles is 1. The van der Waals surface area contributed by atoms with Crippen LogP contribution in [-0.4, -0.2) is 25.5 Å². The highest BCUT2D eigenvalue weighted by Gasteiger charge is 2.30. The summed E-state index contributed by atoms with van der Waals surface area (Å²) >= 11 is 6.32. The van der Waals surface area contributed by atoms with Gasteiger partial charge in [-0.15, -0.1) is 0 Å². The number of anilines is 2. The SMILES string of the molecule is COc1cc(/C=C(\C#N)C(=O)Nc2cccc(C(F)(F)F)c2)cc(Cl)c1OCC(=O)Nc1ccccc1C. The largest absolute Gasteiger partial charge is 0.493 e. The lowest BCUT2D eigenvalue weighted by Gasteiger charge is -2.14. The summed E-state index contributed by atoms with van der Waals surface area (Å²) in [5.74, 6) is -1.16. The molecule has 0 aliphatic rings. The smallest absolute Gasteiger partial charge is 0.416 e. The number of alkyl halides is 3. The van der Waals surface area contributed by atoms with Gasteiger partial charge in [0, 0.05) is 11.4 Å². The molecule has 0 radical (unpaired) electrons. The summed E-state index contributed by atoms with van der Waals surface area (Å²) in [6, 6.07) is 15.8. The van der Waals surface area contributed by atoms with E-state index in [2.05, 4.69) is 10.6 Å². The van der Waals surface area contributed by atoms with E-state index in [0.717, 1.165) is 23.8 Å². The van der Waals surface area contributed by atoms with Crippen LogP contribution in [0.3, 0.4) is 0 Å². The van der Waals surface area contributed by atoms with Crippen LogP contribution in [0.25, 0.3) is 6.08 Å². The summed E-state index contributed by atoms with van der Waals surface area (Å²) in [6.07, 6.45) is -3.40. The number of carbonyl (C=O) groups excluding carboxylic acids is 2. The Morgan fingerprint density at radius 1 is 1.08 bits per heavy atom. The standard InChI is InChI=1S/C27H21ClF3N3O4/c1-16-6-3-4-9-22(16)34-24(35)15-38-25-21(28)11-17(12-23(25)37-2)10-18(14-32)26(36)33-20-8-5-7-19(13-20)27(29,30)31/h3-13H,15H2,1-2H3,(H,33,36)(H,34,35)/b18-10+. The van der Waals surface area contributed by atoms with Gasteiger partial charge in [-0.1, -0.05) is 35.9 Å². The van der Waals surface area contributed by atoms with Crippen molar-refractivity contribution in [2.75, 3.05) is 24.4 Å². The Labute approximate surface area is 221 Å². The fourth-order valence-electron chi connectivity index (χ4n) is 3.29. The Morgan fingerprint density at radius 3 is 2.47 bits per heavy atom. The third-order valence-electron chi connectivity index (χ3n) is 5.14. The zero-order valence-electron chi connectivity index (χ0n) is 20.2. The zero-order valence-corrected chi connectivity index (χ0v) is 20.9. The van der Waals surface area contributed by atoms with E-state index in [0.29, 0.717) is 5.69 Å². The van der Waals surface area contributed by atoms with Crippen LogP contribution in [0.2, 0.25) is 5.02 Å². The molecule has 0 spiro atoms. The number of hydrogen-bond donors (Lipinski definition) is 2. The van der Waals surface area contributed by atoms with Crippen molar-refractivity contribution in [1.82, 2.24) is 0 Å². The predicted molar refractivity (Wildman–Crippen MR) is 137 cm³/mol. The summed E-state index contributed by atoms with van der Waals surface area (Å²) < 4.78 is 49.7. The lowest BCUT2D eigenvalue weighted by molar-refractivity contribution is -0.137. The molecule has 3 aromatic carbocycles. The lowest BCUT2D eigenvalue weighted by Crippen LogP contribution is -2.21. The second-order valence-electron chi connectivity index (χ2n) is 7.89. The van der Waals surface area contributed by atoms with E-state index in [4.69, 9.17) is 21.1 Å². The first-order chi connectivity index (χ1) is 18.0. The minimum atomic E-state index is -4.59. The van der Waals surface area contributed by atoms with Gasteiger partial charge in [-0.05, 0) is 60.5 Å². The van der Waals surface area contributed by atoms with Crippen LogP contribution >= 0.6 is 11.6 Å². The molecule has 38 heavy (non-hydrogen) atoms. The van der Waals surface area contributed by atoms with E-state index in [1.54, 1.807) is 18.2 Å². The highest BCUT2D eigenvalue weighted by molar-refractivity contribution is 6.32. The molecule has 0 heterocycles. The normalized spacial score (nSPS) is 11.3. The fourth-order valence-corrected chi connectivity index (χ4v) is 3.56. The van der Waals surface area contributed by atoms with Gasteiger partial charge >= 0.3 is 6.18 Å².